The van der Waals surface area contributed by atoms with E-state index in [1.807, 2.05) is 85.1 Å². The number of fused-ring (bicyclic) bond motifs is 1. The second-order valence-electron chi connectivity index (χ2n) is 8.89. The summed E-state index contributed by atoms with van der Waals surface area (Å²) < 4.78 is 11.6. The molecule has 0 spiro atoms. The molecule has 186 valence electrons. The Morgan fingerprint density at radius 3 is 2.57 bits per heavy atom. The molecule has 0 aliphatic rings. The lowest BCUT2D eigenvalue weighted by molar-refractivity contribution is -0.121. The summed E-state index contributed by atoms with van der Waals surface area (Å²) in [6, 6.07) is 27.8. The minimum atomic E-state index is -0.182. The first-order chi connectivity index (χ1) is 18.2. The number of pyridine rings is 1. The van der Waals surface area contributed by atoms with Gasteiger partial charge in [-0.2, -0.15) is 0 Å². The second-order valence-corrected chi connectivity index (χ2v) is 8.89. The standard InChI is InChI=1S/C31H29N3O3/c1-36-25-10-11-30-28(17-25)29(20-33-30)27(18-31(35)34-19-22-12-14-32-15-13-22)24-8-5-9-26(16-24)37-21-23-6-3-2-4-7-23/h2-17,20,27,33H,18-19,21H2,1H3,(H,34,35)/t27-/m1/s1. The van der Waals surface area contributed by atoms with Gasteiger partial charge in [-0.3, -0.25) is 9.78 Å². The van der Waals surface area contributed by atoms with Crippen molar-refractivity contribution < 1.29 is 14.3 Å². The van der Waals surface area contributed by atoms with E-state index in [1.54, 1.807) is 19.5 Å². The second kappa shape index (κ2) is 11.4. The number of hydrogen-bond acceptors (Lipinski definition) is 4. The highest BCUT2D eigenvalue weighted by Crippen LogP contribution is 2.36. The molecule has 0 aliphatic carbocycles. The van der Waals surface area contributed by atoms with E-state index >= 15 is 0 Å². The van der Waals surface area contributed by atoms with Gasteiger partial charge in [0.1, 0.15) is 18.1 Å². The van der Waals surface area contributed by atoms with E-state index in [1.165, 1.54) is 0 Å². The molecule has 3 aromatic carbocycles. The van der Waals surface area contributed by atoms with Crippen LogP contribution in [0.15, 0.2) is 104 Å². The van der Waals surface area contributed by atoms with E-state index in [0.717, 1.165) is 44.7 Å². The third-order valence-electron chi connectivity index (χ3n) is 6.43. The zero-order valence-corrected chi connectivity index (χ0v) is 20.7. The van der Waals surface area contributed by atoms with Crippen LogP contribution in [0.25, 0.3) is 10.9 Å². The number of amides is 1. The molecular formula is C31H29N3O3. The van der Waals surface area contributed by atoms with Gasteiger partial charge in [0, 0.05) is 48.4 Å². The van der Waals surface area contributed by atoms with Crippen LogP contribution in [-0.2, 0) is 17.9 Å². The molecule has 5 aromatic rings. The largest absolute Gasteiger partial charge is 0.497 e. The lowest BCUT2D eigenvalue weighted by Crippen LogP contribution is -2.25. The SMILES string of the molecule is COc1ccc2[nH]cc([C@H](CC(=O)NCc3ccncc3)c3cccc(OCc4ccccc4)c3)c2c1. The van der Waals surface area contributed by atoms with Gasteiger partial charge >= 0.3 is 0 Å². The molecule has 5 rings (SSSR count). The Balaban J connectivity index is 1.43. The van der Waals surface area contributed by atoms with Crippen LogP contribution in [-0.4, -0.2) is 23.0 Å². The van der Waals surface area contributed by atoms with Gasteiger partial charge < -0.3 is 19.8 Å². The molecule has 2 N–H and O–H groups in total. The lowest BCUT2D eigenvalue weighted by Gasteiger charge is -2.19. The van der Waals surface area contributed by atoms with Crippen molar-refractivity contribution in [1.29, 1.82) is 0 Å². The van der Waals surface area contributed by atoms with Crippen LogP contribution in [0.3, 0.4) is 0 Å². The number of carbonyl (C=O) groups is 1. The predicted octanol–water partition coefficient (Wildman–Crippen LogP) is 5.99. The van der Waals surface area contributed by atoms with E-state index in [0.29, 0.717) is 13.2 Å². The molecule has 1 atom stereocenters. The normalized spacial score (nSPS) is 11.7. The number of nitrogens with zero attached hydrogens (tertiary/aromatic N) is 1. The molecule has 2 aromatic heterocycles. The van der Waals surface area contributed by atoms with E-state index in [2.05, 4.69) is 21.4 Å². The fourth-order valence-corrected chi connectivity index (χ4v) is 4.46. The van der Waals surface area contributed by atoms with Crippen LogP contribution in [0.2, 0.25) is 0 Å². The van der Waals surface area contributed by atoms with Gasteiger partial charge in [-0.15, -0.1) is 0 Å². The minimum absolute atomic E-state index is 0.0327. The molecule has 0 unspecified atom stereocenters. The molecule has 37 heavy (non-hydrogen) atoms. The van der Waals surface area contributed by atoms with Crippen molar-refractivity contribution in [3.63, 3.8) is 0 Å². The van der Waals surface area contributed by atoms with Crippen molar-refractivity contribution in [2.24, 2.45) is 0 Å². The highest BCUT2D eigenvalue weighted by molar-refractivity contribution is 5.87. The third-order valence-corrected chi connectivity index (χ3v) is 6.43. The molecule has 0 radical (unpaired) electrons. The summed E-state index contributed by atoms with van der Waals surface area (Å²) in [5.41, 5.74) is 5.15. The quantitative estimate of drug-likeness (QED) is 0.252. The maximum absolute atomic E-state index is 13.2. The zero-order chi connectivity index (χ0) is 25.5. The number of carbonyl (C=O) groups excluding carboxylic acids is 1. The number of methoxy groups -OCH3 is 1. The maximum atomic E-state index is 13.2. The molecule has 0 fully saturated rings. The third kappa shape index (κ3) is 5.98. The number of nitrogens with one attached hydrogen (secondary N) is 2. The summed E-state index contributed by atoms with van der Waals surface area (Å²) >= 11 is 0. The maximum Gasteiger partial charge on any atom is 0.221 e. The summed E-state index contributed by atoms with van der Waals surface area (Å²) in [6.45, 7) is 0.932. The van der Waals surface area contributed by atoms with Crippen LogP contribution in [0.5, 0.6) is 11.5 Å². The summed E-state index contributed by atoms with van der Waals surface area (Å²) in [4.78, 5) is 20.6. The first-order valence-corrected chi connectivity index (χ1v) is 12.3. The number of rotatable bonds is 10. The molecule has 0 saturated heterocycles. The molecule has 6 heteroatoms. The van der Waals surface area contributed by atoms with Crippen LogP contribution < -0.4 is 14.8 Å². The summed E-state index contributed by atoms with van der Waals surface area (Å²) in [7, 11) is 1.66. The number of hydrogen-bond donors (Lipinski definition) is 2. The van der Waals surface area contributed by atoms with Crippen molar-refractivity contribution in [3.8, 4) is 11.5 Å². The number of ether oxygens (including phenoxy) is 2. The van der Waals surface area contributed by atoms with Gasteiger partial charge in [-0.05, 0) is 64.7 Å². The van der Waals surface area contributed by atoms with E-state index in [-0.39, 0.29) is 18.2 Å². The van der Waals surface area contributed by atoms with Crippen LogP contribution in [0, 0.1) is 0 Å². The predicted molar refractivity (Wildman–Crippen MR) is 145 cm³/mol. The van der Waals surface area contributed by atoms with Gasteiger partial charge in [0.05, 0.1) is 7.11 Å². The molecule has 6 nitrogen and oxygen atoms in total. The smallest absolute Gasteiger partial charge is 0.221 e. The fraction of sp³-hybridized carbons (Fsp3) is 0.161. The molecule has 1 amide bonds. The monoisotopic (exact) mass is 491 g/mol. The number of benzene rings is 3. The average Bonchev–Trinajstić information content (AvgIpc) is 3.38. The molecule has 2 heterocycles. The fourth-order valence-electron chi connectivity index (χ4n) is 4.46. The Hall–Kier alpha value is -4.58. The van der Waals surface area contributed by atoms with Crippen molar-refractivity contribution in [2.45, 2.75) is 25.5 Å². The molecule has 0 bridgehead atoms. The van der Waals surface area contributed by atoms with Crippen molar-refractivity contribution in [1.82, 2.24) is 15.3 Å². The van der Waals surface area contributed by atoms with Crippen molar-refractivity contribution >= 4 is 16.8 Å². The van der Waals surface area contributed by atoms with Gasteiger partial charge in [0.25, 0.3) is 0 Å². The van der Waals surface area contributed by atoms with Crippen molar-refractivity contribution in [2.75, 3.05) is 7.11 Å². The van der Waals surface area contributed by atoms with Gasteiger partial charge in [0.2, 0.25) is 5.91 Å². The lowest BCUT2D eigenvalue weighted by atomic mass is 9.87. The Bertz CT molecular complexity index is 1470. The van der Waals surface area contributed by atoms with E-state index < -0.39 is 0 Å². The highest BCUT2D eigenvalue weighted by atomic mass is 16.5. The van der Waals surface area contributed by atoms with Crippen LogP contribution in [0.1, 0.15) is 34.6 Å². The van der Waals surface area contributed by atoms with Gasteiger partial charge in [0.15, 0.2) is 0 Å². The molecular weight excluding hydrogens is 462 g/mol. The Labute approximate surface area is 216 Å². The molecule has 0 saturated carbocycles. The first-order valence-electron chi connectivity index (χ1n) is 12.3. The summed E-state index contributed by atoms with van der Waals surface area (Å²) in [6.07, 6.45) is 5.73. The van der Waals surface area contributed by atoms with Crippen LogP contribution >= 0.6 is 0 Å². The van der Waals surface area contributed by atoms with Gasteiger partial charge in [-0.1, -0.05) is 42.5 Å². The Kier molecular flexibility index (Phi) is 7.46. The van der Waals surface area contributed by atoms with E-state index in [4.69, 9.17) is 9.47 Å². The number of aromatic nitrogens is 2. The van der Waals surface area contributed by atoms with Crippen LogP contribution in [0.4, 0.5) is 0 Å². The summed E-state index contributed by atoms with van der Waals surface area (Å²) in [5.74, 6) is 1.32. The number of aromatic amines is 1. The summed E-state index contributed by atoms with van der Waals surface area (Å²) in [5, 5.41) is 4.09. The minimum Gasteiger partial charge on any atom is -0.497 e. The first kappa shape index (κ1) is 24.1. The Morgan fingerprint density at radius 1 is 0.919 bits per heavy atom. The molecule has 0 aliphatic heterocycles. The average molecular weight is 492 g/mol. The van der Waals surface area contributed by atoms with E-state index in [9.17, 15) is 4.79 Å². The van der Waals surface area contributed by atoms with Crippen molar-refractivity contribution in [3.05, 3.63) is 126 Å². The Morgan fingerprint density at radius 2 is 1.76 bits per heavy atom. The van der Waals surface area contributed by atoms with Gasteiger partial charge in [-0.25, -0.2) is 0 Å². The number of H-pyrrole nitrogens is 1. The highest BCUT2D eigenvalue weighted by Gasteiger charge is 2.22. The topological polar surface area (TPSA) is 76.2 Å². The zero-order valence-electron chi connectivity index (χ0n) is 20.7.